The number of hydrogen-bond donors (Lipinski definition) is 1. The van der Waals surface area contributed by atoms with Gasteiger partial charge in [-0.05, 0) is 44.1 Å². The number of ketones is 1. The van der Waals surface area contributed by atoms with E-state index in [2.05, 4.69) is 10.3 Å². The second-order valence-electron chi connectivity index (χ2n) is 4.42. The smallest absolute Gasteiger partial charge is 0.181 e. The molecule has 1 aromatic heterocycles. The van der Waals surface area contributed by atoms with Gasteiger partial charge in [-0.15, -0.1) is 0 Å². The van der Waals surface area contributed by atoms with Crippen LogP contribution in [0.5, 0.6) is 0 Å². The molecule has 0 saturated carbocycles. The molecule has 17 heavy (non-hydrogen) atoms. The summed E-state index contributed by atoms with van der Waals surface area (Å²) in [6.45, 7) is 1.86. The summed E-state index contributed by atoms with van der Waals surface area (Å²) in [5.74, 6) is 0.376. The molecule has 1 aliphatic heterocycles. The lowest BCUT2D eigenvalue weighted by molar-refractivity contribution is 0.0895. The third-order valence-electron chi connectivity index (χ3n) is 3.33. The zero-order chi connectivity index (χ0) is 11.7. The Kier molecular flexibility index (Phi) is 2.65. The average Bonchev–Trinajstić information content (AvgIpc) is 2.86. The summed E-state index contributed by atoms with van der Waals surface area (Å²) in [5.41, 5.74) is 2.22. The van der Waals surface area contributed by atoms with Crippen LogP contribution in [0.25, 0.3) is 11.1 Å². The predicted octanol–water partition coefficient (Wildman–Crippen LogP) is 2.01. The van der Waals surface area contributed by atoms with Crippen molar-refractivity contribution in [1.29, 1.82) is 0 Å². The Bertz CT molecular complexity index is 541. The Morgan fingerprint density at radius 3 is 3.00 bits per heavy atom. The third-order valence-corrected chi connectivity index (χ3v) is 3.33. The van der Waals surface area contributed by atoms with Crippen LogP contribution in [-0.4, -0.2) is 23.9 Å². The Labute approximate surface area is 99.0 Å². The number of aromatic nitrogens is 1. The number of Topliss-reactive ketones (excluding diaryl/α,β-unsaturated/α-hetero) is 1. The largest absolute Gasteiger partial charge is 0.443 e. The van der Waals surface area contributed by atoms with Crippen molar-refractivity contribution in [2.75, 3.05) is 13.1 Å². The Balaban J connectivity index is 1.88. The molecule has 0 aliphatic carbocycles. The molecule has 1 N–H and O–H groups in total. The maximum absolute atomic E-state index is 12.3. The first-order valence-electron chi connectivity index (χ1n) is 5.93. The molecular formula is C13H14N2O2. The van der Waals surface area contributed by atoms with Crippen LogP contribution < -0.4 is 5.32 Å². The van der Waals surface area contributed by atoms with Crippen molar-refractivity contribution in [3.8, 4) is 0 Å². The second kappa shape index (κ2) is 4.30. The van der Waals surface area contributed by atoms with Gasteiger partial charge in [-0.2, -0.15) is 0 Å². The van der Waals surface area contributed by atoms with Crippen molar-refractivity contribution in [3.63, 3.8) is 0 Å². The molecule has 0 unspecified atom stereocenters. The highest BCUT2D eigenvalue weighted by molar-refractivity contribution is 6.00. The molecule has 1 aromatic carbocycles. The van der Waals surface area contributed by atoms with Crippen molar-refractivity contribution in [2.45, 2.75) is 12.8 Å². The molecule has 2 heterocycles. The van der Waals surface area contributed by atoms with Crippen LogP contribution in [0.2, 0.25) is 0 Å². The minimum Gasteiger partial charge on any atom is -0.443 e. The fourth-order valence-electron chi connectivity index (χ4n) is 2.33. The molecule has 0 amide bonds. The summed E-state index contributed by atoms with van der Waals surface area (Å²) in [5, 5.41) is 3.27. The molecule has 0 spiro atoms. The molecule has 1 fully saturated rings. The first-order chi connectivity index (χ1) is 8.34. The van der Waals surface area contributed by atoms with Crippen LogP contribution in [0, 0.1) is 5.92 Å². The summed E-state index contributed by atoms with van der Waals surface area (Å²) >= 11 is 0. The summed E-state index contributed by atoms with van der Waals surface area (Å²) in [6, 6.07) is 5.48. The van der Waals surface area contributed by atoms with Crippen LogP contribution in [0.15, 0.2) is 29.0 Å². The van der Waals surface area contributed by atoms with Crippen LogP contribution in [0.4, 0.5) is 0 Å². The zero-order valence-electron chi connectivity index (χ0n) is 9.48. The minimum atomic E-state index is 0.150. The van der Waals surface area contributed by atoms with Crippen molar-refractivity contribution in [3.05, 3.63) is 30.2 Å². The average molecular weight is 230 g/mol. The number of carbonyl (C=O) groups is 1. The van der Waals surface area contributed by atoms with E-state index in [1.165, 1.54) is 6.39 Å². The van der Waals surface area contributed by atoms with Gasteiger partial charge in [0.15, 0.2) is 17.8 Å². The molecule has 88 valence electrons. The normalized spacial score (nSPS) is 17.4. The zero-order valence-corrected chi connectivity index (χ0v) is 9.48. The second-order valence-corrected chi connectivity index (χ2v) is 4.42. The van der Waals surface area contributed by atoms with Crippen molar-refractivity contribution < 1.29 is 9.21 Å². The van der Waals surface area contributed by atoms with Gasteiger partial charge >= 0.3 is 0 Å². The van der Waals surface area contributed by atoms with Gasteiger partial charge in [0.2, 0.25) is 0 Å². The predicted molar refractivity (Wildman–Crippen MR) is 63.9 cm³/mol. The van der Waals surface area contributed by atoms with Gasteiger partial charge in [0.25, 0.3) is 0 Å². The highest BCUT2D eigenvalue weighted by Crippen LogP contribution is 2.21. The van der Waals surface area contributed by atoms with E-state index >= 15 is 0 Å². The summed E-state index contributed by atoms with van der Waals surface area (Å²) in [7, 11) is 0. The molecule has 0 atom stereocenters. The van der Waals surface area contributed by atoms with Gasteiger partial charge in [0.1, 0.15) is 5.52 Å². The highest BCUT2D eigenvalue weighted by atomic mass is 16.3. The molecule has 4 heteroatoms. The number of oxazole rings is 1. The van der Waals surface area contributed by atoms with Crippen LogP contribution in [0.3, 0.4) is 0 Å². The third kappa shape index (κ3) is 1.96. The van der Waals surface area contributed by atoms with E-state index in [4.69, 9.17) is 4.42 Å². The van der Waals surface area contributed by atoms with Crippen LogP contribution in [0.1, 0.15) is 23.2 Å². The Hall–Kier alpha value is -1.68. The van der Waals surface area contributed by atoms with Gasteiger partial charge in [0, 0.05) is 11.5 Å². The van der Waals surface area contributed by atoms with E-state index in [1.807, 2.05) is 12.1 Å². The number of nitrogens with one attached hydrogen (secondary N) is 1. The number of hydrogen-bond acceptors (Lipinski definition) is 4. The van der Waals surface area contributed by atoms with E-state index < -0.39 is 0 Å². The van der Waals surface area contributed by atoms with Crippen molar-refractivity contribution in [2.24, 2.45) is 5.92 Å². The first kappa shape index (κ1) is 10.5. The standard InChI is InChI=1S/C13H14N2O2/c16-13(9-3-5-14-6-4-9)10-1-2-11-12(7-10)17-8-15-11/h1-2,7-9,14H,3-6H2. The molecule has 2 aromatic rings. The van der Waals surface area contributed by atoms with Crippen molar-refractivity contribution in [1.82, 2.24) is 10.3 Å². The van der Waals surface area contributed by atoms with E-state index in [-0.39, 0.29) is 11.7 Å². The van der Waals surface area contributed by atoms with E-state index in [1.54, 1.807) is 6.07 Å². The SMILES string of the molecule is O=C(c1ccc2ncoc2c1)C1CCNCC1. The van der Waals surface area contributed by atoms with E-state index in [0.29, 0.717) is 5.58 Å². The summed E-state index contributed by atoms with van der Waals surface area (Å²) in [4.78, 5) is 16.3. The maximum Gasteiger partial charge on any atom is 0.181 e. The first-order valence-corrected chi connectivity index (χ1v) is 5.93. The Morgan fingerprint density at radius 2 is 2.18 bits per heavy atom. The lowest BCUT2D eigenvalue weighted by Gasteiger charge is -2.21. The molecule has 3 rings (SSSR count). The number of fused-ring (bicyclic) bond motifs is 1. The summed E-state index contributed by atoms with van der Waals surface area (Å²) in [6.07, 6.45) is 3.25. The number of carbonyl (C=O) groups excluding carboxylic acids is 1. The van der Waals surface area contributed by atoms with Crippen LogP contribution >= 0.6 is 0 Å². The lowest BCUT2D eigenvalue weighted by Crippen LogP contribution is -2.31. The minimum absolute atomic E-state index is 0.150. The summed E-state index contributed by atoms with van der Waals surface area (Å²) < 4.78 is 5.22. The molecule has 1 aliphatic rings. The number of nitrogens with zero attached hydrogens (tertiary/aromatic N) is 1. The Morgan fingerprint density at radius 1 is 1.35 bits per heavy atom. The van der Waals surface area contributed by atoms with Gasteiger partial charge < -0.3 is 9.73 Å². The molecule has 1 saturated heterocycles. The fraction of sp³-hybridized carbons (Fsp3) is 0.385. The lowest BCUT2D eigenvalue weighted by atomic mass is 9.89. The van der Waals surface area contributed by atoms with E-state index in [9.17, 15) is 4.79 Å². The molecule has 0 radical (unpaired) electrons. The topological polar surface area (TPSA) is 55.1 Å². The number of rotatable bonds is 2. The maximum atomic E-state index is 12.3. The molecular weight excluding hydrogens is 216 g/mol. The van der Waals surface area contributed by atoms with Crippen molar-refractivity contribution >= 4 is 16.9 Å². The van der Waals surface area contributed by atoms with Gasteiger partial charge in [-0.25, -0.2) is 4.98 Å². The van der Waals surface area contributed by atoms with Gasteiger partial charge in [-0.1, -0.05) is 0 Å². The quantitative estimate of drug-likeness (QED) is 0.802. The molecule has 0 bridgehead atoms. The highest BCUT2D eigenvalue weighted by Gasteiger charge is 2.22. The number of piperidine rings is 1. The van der Waals surface area contributed by atoms with Gasteiger partial charge in [-0.3, -0.25) is 4.79 Å². The van der Waals surface area contributed by atoms with E-state index in [0.717, 1.165) is 37.0 Å². The van der Waals surface area contributed by atoms with Crippen LogP contribution in [-0.2, 0) is 0 Å². The molecule has 4 nitrogen and oxygen atoms in total. The monoisotopic (exact) mass is 230 g/mol. The number of benzene rings is 1. The fourth-order valence-corrected chi connectivity index (χ4v) is 2.33. The van der Waals surface area contributed by atoms with Gasteiger partial charge in [0.05, 0.1) is 0 Å².